The summed E-state index contributed by atoms with van der Waals surface area (Å²) in [4.78, 5) is 19.1. The van der Waals surface area contributed by atoms with Crippen molar-refractivity contribution >= 4 is 0 Å². The van der Waals surface area contributed by atoms with Crippen molar-refractivity contribution in [2.45, 2.75) is 12.6 Å². The van der Waals surface area contributed by atoms with Crippen molar-refractivity contribution in [3.63, 3.8) is 0 Å². The molecular weight excluding hydrogens is 110 g/mol. The average molecular weight is 117 g/mol. The van der Waals surface area contributed by atoms with Gasteiger partial charge in [-0.25, -0.2) is 0 Å². The van der Waals surface area contributed by atoms with E-state index < -0.39 is 6.17 Å². The highest BCUT2D eigenvalue weighted by Crippen LogP contribution is 1.94. The fourth-order valence-electron chi connectivity index (χ4n) is 0.274. The third kappa shape index (κ3) is 2.35. The van der Waals surface area contributed by atoms with E-state index in [2.05, 4.69) is 10.4 Å². The molecule has 0 atom stereocenters. The SMILES string of the molecule is NCCC(N=O)N=O. The zero-order chi connectivity index (χ0) is 6.41. The molecule has 0 aliphatic heterocycles. The molecule has 0 saturated heterocycles. The van der Waals surface area contributed by atoms with Crippen LogP contribution in [0.4, 0.5) is 0 Å². The molecule has 0 rings (SSSR count). The molecule has 0 aromatic carbocycles. The van der Waals surface area contributed by atoms with Crippen LogP contribution in [0, 0.1) is 9.81 Å². The Morgan fingerprint density at radius 1 is 1.38 bits per heavy atom. The van der Waals surface area contributed by atoms with Crippen LogP contribution in [0.1, 0.15) is 6.42 Å². The van der Waals surface area contributed by atoms with Crippen LogP contribution in [0.15, 0.2) is 10.4 Å². The maximum Gasteiger partial charge on any atom is 0.223 e. The van der Waals surface area contributed by atoms with E-state index in [1.54, 1.807) is 0 Å². The van der Waals surface area contributed by atoms with Gasteiger partial charge < -0.3 is 5.73 Å². The van der Waals surface area contributed by atoms with E-state index in [9.17, 15) is 9.81 Å². The van der Waals surface area contributed by atoms with E-state index >= 15 is 0 Å². The van der Waals surface area contributed by atoms with Gasteiger partial charge in [0.15, 0.2) is 0 Å². The van der Waals surface area contributed by atoms with Crippen LogP contribution in [0.3, 0.4) is 0 Å². The quantitative estimate of drug-likeness (QED) is 0.533. The summed E-state index contributed by atoms with van der Waals surface area (Å²) in [5.74, 6) is 0. The van der Waals surface area contributed by atoms with Crippen LogP contribution in [0.5, 0.6) is 0 Å². The van der Waals surface area contributed by atoms with Gasteiger partial charge in [-0.3, -0.25) is 0 Å². The molecule has 46 valence electrons. The van der Waals surface area contributed by atoms with E-state index in [0.29, 0.717) is 0 Å². The minimum absolute atomic E-state index is 0.243. The smallest absolute Gasteiger partial charge is 0.223 e. The second-order valence-corrected chi connectivity index (χ2v) is 1.27. The highest BCUT2D eigenvalue weighted by atomic mass is 16.3. The predicted octanol–water partition coefficient (Wildman–Crippen LogP) is 0.194. The first-order valence-corrected chi connectivity index (χ1v) is 2.20. The van der Waals surface area contributed by atoms with E-state index in [-0.39, 0.29) is 13.0 Å². The third-order valence-corrected chi connectivity index (χ3v) is 0.668. The van der Waals surface area contributed by atoms with Crippen LogP contribution < -0.4 is 5.73 Å². The topological polar surface area (TPSA) is 84.9 Å². The zero-order valence-corrected chi connectivity index (χ0v) is 4.28. The monoisotopic (exact) mass is 117 g/mol. The molecule has 0 aromatic rings. The Balaban J connectivity index is 3.35. The van der Waals surface area contributed by atoms with Crippen LogP contribution in [-0.4, -0.2) is 12.7 Å². The Bertz CT molecular complexity index is 76.6. The van der Waals surface area contributed by atoms with Crippen molar-refractivity contribution in [1.29, 1.82) is 0 Å². The fraction of sp³-hybridized carbons (Fsp3) is 1.00. The molecule has 0 aliphatic rings. The molecule has 0 bridgehead atoms. The van der Waals surface area contributed by atoms with Crippen molar-refractivity contribution in [3.05, 3.63) is 9.81 Å². The predicted molar refractivity (Wildman–Crippen MR) is 29.0 cm³/mol. The summed E-state index contributed by atoms with van der Waals surface area (Å²) in [5, 5.41) is 4.77. The lowest BCUT2D eigenvalue weighted by Gasteiger charge is -1.91. The lowest BCUT2D eigenvalue weighted by molar-refractivity contribution is 0.644. The Kier molecular flexibility index (Phi) is 3.87. The molecule has 8 heavy (non-hydrogen) atoms. The molecule has 2 N–H and O–H groups in total. The summed E-state index contributed by atoms with van der Waals surface area (Å²) in [5.41, 5.74) is 4.98. The maximum atomic E-state index is 9.53. The van der Waals surface area contributed by atoms with Gasteiger partial charge in [0.2, 0.25) is 6.17 Å². The highest BCUT2D eigenvalue weighted by molar-refractivity contribution is 4.60. The first-order chi connectivity index (χ1) is 3.85. The maximum absolute atomic E-state index is 9.53. The standard InChI is InChI=1S/C3H7N3O2/c4-2-1-3(5-7)6-8/h3H,1-2,4H2. The van der Waals surface area contributed by atoms with Crippen molar-refractivity contribution in [3.8, 4) is 0 Å². The molecule has 0 saturated carbocycles. The lowest BCUT2D eigenvalue weighted by atomic mass is 10.4. The largest absolute Gasteiger partial charge is 0.330 e. The summed E-state index contributed by atoms with van der Waals surface area (Å²) in [7, 11) is 0. The van der Waals surface area contributed by atoms with Gasteiger partial charge in [0.05, 0.1) is 0 Å². The molecule has 0 unspecified atom stereocenters. The summed E-state index contributed by atoms with van der Waals surface area (Å²) < 4.78 is 0. The van der Waals surface area contributed by atoms with Crippen molar-refractivity contribution in [2.24, 2.45) is 16.1 Å². The molecule has 0 radical (unpaired) electrons. The molecule has 0 fully saturated rings. The molecule has 0 aliphatic carbocycles. The van der Waals surface area contributed by atoms with Crippen molar-refractivity contribution in [1.82, 2.24) is 0 Å². The number of nitrogens with two attached hydrogens (primary N) is 1. The van der Waals surface area contributed by atoms with Crippen LogP contribution >= 0.6 is 0 Å². The van der Waals surface area contributed by atoms with Gasteiger partial charge in [-0.05, 0) is 16.9 Å². The van der Waals surface area contributed by atoms with Gasteiger partial charge in [-0.1, -0.05) is 0 Å². The summed E-state index contributed by atoms with van der Waals surface area (Å²) in [6.07, 6.45) is -0.743. The number of hydrogen-bond acceptors (Lipinski definition) is 5. The zero-order valence-electron chi connectivity index (χ0n) is 4.28. The van der Waals surface area contributed by atoms with E-state index in [4.69, 9.17) is 5.73 Å². The van der Waals surface area contributed by atoms with E-state index in [1.165, 1.54) is 0 Å². The van der Waals surface area contributed by atoms with E-state index in [1.807, 2.05) is 0 Å². The molecular formula is C3H7N3O2. The number of hydrogen-bond donors (Lipinski definition) is 1. The van der Waals surface area contributed by atoms with Crippen LogP contribution in [0.2, 0.25) is 0 Å². The second kappa shape index (κ2) is 4.32. The van der Waals surface area contributed by atoms with Gasteiger partial charge in [0, 0.05) is 6.42 Å². The number of nitroso groups, excluding NO2 is 2. The molecule has 0 aromatic heterocycles. The lowest BCUT2D eigenvalue weighted by Crippen LogP contribution is -2.07. The summed E-state index contributed by atoms with van der Waals surface area (Å²) >= 11 is 0. The Morgan fingerprint density at radius 3 is 2.00 bits per heavy atom. The summed E-state index contributed by atoms with van der Waals surface area (Å²) in [6.45, 7) is 0.266. The number of nitrogens with zero attached hydrogens (tertiary/aromatic N) is 2. The molecule has 0 amide bonds. The molecule has 5 heteroatoms. The second-order valence-electron chi connectivity index (χ2n) is 1.27. The van der Waals surface area contributed by atoms with Gasteiger partial charge in [-0.15, -0.1) is 9.81 Å². The van der Waals surface area contributed by atoms with Crippen LogP contribution in [-0.2, 0) is 0 Å². The van der Waals surface area contributed by atoms with Crippen molar-refractivity contribution in [2.75, 3.05) is 6.54 Å². The van der Waals surface area contributed by atoms with Gasteiger partial charge in [0.1, 0.15) is 0 Å². The fourth-order valence-corrected chi connectivity index (χ4v) is 0.274. The first kappa shape index (κ1) is 7.16. The normalized spacial score (nSPS) is 9.25. The summed E-state index contributed by atoms with van der Waals surface area (Å²) in [6, 6.07) is 0. The Hall–Kier alpha value is -0.840. The minimum atomic E-state index is -0.986. The molecule has 0 heterocycles. The van der Waals surface area contributed by atoms with Gasteiger partial charge in [-0.2, -0.15) is 0 Å². The minimum Gasteiger partial charge on any atom is -0.330 e. The first-order valence-electron chi connectivity index (χ1n) is 2.20. The van der Waals surface area contributed by atoms with Crippen molar-refractivity contribution < 1.29 is 0 Å². The van der Waals surface area contributed by atoms with Gasteiger partial charge >= 0.3 is 0 Å². The Labute approximate surface area is 46.2 Å². The van der Waals surface area contributed by atoms with E-state index in [0.717, 1.165) is 0 Å². The third-order valence-electron chi connectivity index (χ3n) is 0.668. The highest BCUT2D eigenvalue weighted by Gasteiger charge is 2.03. The number of rotatable bonds is 4. The molecule has 5 nitrogen and oxygen atoms in total. The average Bonchev–Trinajstić information content (AvgIpc) is 1.83. The van der Waals surface area contributed by atoms with Gasteiger partial charge in [0.25, 0.3) is 0 Å². The Morgan fingerprint density at radius 2 is 1.88 bits per heavy atom. The van der Waals surface area contributed by atoms with Crippen LogP contribution in [0.25, 0.3) is 0 Å². The molecule has 0 spiro atoms.